The smallest absolute Gasteiger partial charge is 0.315 e. The van der Waals surface area contributed by atoms with E-state index in [0.29, 0.717) is 19.0 Å². The predicted octanol–water partition coefficient (Wildman–Crippen LogP) is 1.21. The van der Waals surface area contributed by atoms with E-state index in [1.807, 2.05) is 6.92 Å². The molecule has 0 saturated heterocycles. The van der Waals surface area contributed by atoms with Crippen molar-refractivity contribution in [1.29, 1.82) is 0 Å². The van der Waals surface area contributed by atoms with Crippen LogP contribution in [0.15, 0.2) is 0 Å². The first kappa shape index (κ1) is 12.3. The quantitative estimate of drug-likeness (QED) is 0.659. The second-order valence-corrected chi connectivity index (χ2v) is 4.67. The number of rotatable bonds is 3. The minimum absolute atomic E-state index is 0.0861. The van der Waals surface area contributed by atoms with Gasteiger partial charge in [-0.1, -0.05) is 19.8 Å². The highest BCUT2D eigenvalue weighted by Crippen LogP contribution is 2.31. The number of hydrogen-bond acceptors (Lipinski definition) is 2. The molecular weight excluding hydrogens is 190 g/mol. The van der Waals surface area contributed by atoms with Gasteiger partial charge in [0.1, 0.15) is 0 Å². The highest BCUT2D eigenvalue weighted by Gasteiger charge is 2.34. The Kier molecular flexibility index (Phi) is 4.39. The maximum Gasteiger partial charge on any atom is 0.315 e. The van der Waals surface area contributed by atoms with Gasteiger partial charge in [-0.25, -0.2) is 4.79 Å². The van der Waals surface area contributed by atoms with Crippen molar-refractivity contribution in [2.24, 2.45) is 11.7 Å². The van der Waals surface area contributed by atoms with Crippen molar-refractivity contribution in [3.05, 3.63) is 0 Å². The van der Waals surface area contributed by atoms with Gasteiger partial charge in [0.05, 0.1) is 5.54 Å². The van der Waals surface area contributed by atoms with Crippen molar-refractivity contribution >= 4 is 6.03 Å². The summed E-state index contributed by atoms with van der Waals surface area (Å²) in [5.41, 5.74) is 5.63. The fourth-order valence-corrected chi connectivity index (χ4v) is 2.46. The van der Waals surface area contributed by atoms with Gasteiger partial charge in [0, 0.05) is 13.1 Å². The molecule has 4 nitrogen and oxygen atoms in total. The average Bonchev–Trinajstić information content (AvgIpc) is 2.18. The molecular formula is C11H23N3O. The zero-order valence-corrected chi connectivity index (χ0v) is 9.81. The number of hydrogen-bond donors (Lipinski definition) is 3. The molecule has 4 heteroatoms. The molecule has 0 radical (unpaired) electrons. The van der Waals surface area contributed by atoms with Crippen LogP contribution in [0.4, 0.5) is 4.79 Å². The highest BCUT2D eigenvalue weighted by molar-refractivity contribution is 5.74. The lowest BCUT2D eigenvalue weighted by molar-refractivity contribution is 0.184. The molecule has 0 aromatic carbocycles. The van der Waals surface area contributed by atoms with Gasteiger partial charge >= 0.3 is 6.03 Å². The van der Waals surface area contributed by atoms with E-state index in [1.54, 1.807) is 0 Å². The maximum atomic E-state index is 11.5. The van der Waals surface area contributed by atoms with E-state index >= 15 is 0 Å². The molecule has 1 fully saturated rings. The van der Waals surface area contributed by atoms with Crippen molar-refractivity contribution in [3.8, 4) is 0 Å². The van der Waals surface area contributed by atoms with Gasteiger partial charge in [-0.05, 0) is 25.7 Å². The Hall–Kier alpha value is -0.770. The van der Waals surface area contributed by atoms with Gasteiger partial charge in [0.15, 0.2) is 0 Å². The fraction of sp³-hybridized carbons (Fsp3) is 0.909. The lowest BCUT2D eigenvalue weighted by Gasteiger charge is -2.39. The summed E-state index contributed by atoms with van der Waals surface area (Å²) in [5, 5.41) is 5.80. The van der Waals surface area contributed by atoms with Crippen LogP contribution in [0.1, 0.15) is 39.5 Å². The fourth-order valence-electron chi connectivity index (χ4n) is 2.46. The van der Waals surface area contributed by atoms with Crippen LogP contribution in [0.5, 0.6) is 0 Å². The van der Waals surface area contributed by atoms with E-state index in [0.717, 1.165) is 19.3 Å². The molecule has 0 bridgehead atoms. The predicted molar refractivity (Wildman–Crippen MR) is 61.6 cm³/mol. The Balaban J connectivity index is 2.55. The largest absolute Gasteiger partial charge is 0.338 e. The van der Waals surface area contributed by atoms with Crippen molar-refractivity contribution < 1.29 is 4.79 Å². The molecule has 0 aromatic heterocycles. The normalized spacial score (nSPS) is 31.0. The standard InChI is InChI=1S/C11H23N3O/c1-3-13-10(15)14-11(8-12)6-4-5-9(2)7-11/h9H,3-8,12H2,1-2H3,(H2,13,14,15). The Morgan fingerprint density at radius 2 is 2.33 bits per heavy atom. The van der Waals surface area contributed by atoms with Crippen molar-refractivity contribution in [2.75, 3.05) is 13.1 Å². The van der Waals surface area contributed by atoms with Crippen LogP contribution in [-0.2, 0) is 0 Å². The van der Waals surface area contributed by atoms with E-state index in [9.17, 15) is 4.79 Å². The summed E-state index contributed by atoms with van der Waals surface area (Å²) < 4.78 is 0. The molecule has 2 atom stereocenters. The lowest BCUT2D eigenvalue weighted by Crippen LogP contribution is -2.58. The summed E-state index contributed by atoms with van der Waals surface area (Å²) in [6, 6.07) is -0.0861. The first-order valence-electron chi connectivity index (χ1n) is 5.88. The molecule has 1 aliphatic carbocycles. The topological polar surface area (TPSA) is 67.2 Å². The Morgan fingerprint density at radius 3 is 2.87 bits per heavy atom. The summed E-state index contributed by atoms with van der Waals surface area (Å²) in [7, 11) is 0. The first-order chi connectivity index (χ1) is 7.12. The van der Waals surface area contributed by atoms with Crippen LogP contribution >= 0.6 is 0 Å². The van der Waals surface area contributed by atoms with Crippen LogP contribution < -0.4 is 16.4 Å². The second kappa shape index (κ2) is 5.35. The molecule has 1 rings (SSSR count). The molecule has 0 heterocycles. The number of urea groups is 1. The third-order valence-electron chi connectivity index (χ3n) is 3.20. The monoisotopic (exact) mass is 213 g/mol. The van der Waals surface area contributed by atoms with Gasteiger partial charge in [-0.15, -0.1) is 0 Å². The molecule has 2 amide bonds. The molecule has 0 aromatic rings. The van der Waals surface area contributed by atoms with Gasteiger partial charge in [-0.2, -0.15) is 0 Å². The summed E-state index contributed by atoms with van der Waals surface area (Å²) in [5.74, 6) is 0.657. The summed E-state index contributed by atoms with van der Waals surface area (Å²) in [6.45, 7) is 5.33. The summed E-state index contributed by atoms with van der Waals surface area (Å²) >= 11 is 0. The third kappa shape index (κ3) is 3.38. The zero-order valence-electron chi connectivity index (χ0n) is 9.81. The van der Waals surface area contributed by atoms with Crippen LogP contribution in [-0.4, -0.2) is 24.7 Å². The highest BCUT2D eigenvalue weighted by atomic mass is 16.2. The van der Waals surface area contributed by atoms with E-state index in [-0.39, 0.29) is 11.6 Å². The van der Waals surface area contributed by atoms with Crippen LogP contribution in [0.25, 0.3) is 0 Å². The minimum atomic E-state index is -0.170. The summed E-state index contributed by atoms with van der Waals surface area (Å²) in [4.78, 5) is 11.5. The molecule has 1 saturated carbocycles. The van der Waals surface area contributed by atoms with Gasteiger partial charge in [0.25, 0.3) is 0 Å². The van der Waals surface area contributed by atoms with E-state index in [2.05, 4.69) is 17.6 Å². The van der Waals surface area contributed by atoms with Gasteiger partial charge in [0.2, 0.25) is 0 Å². The Bertz CT molecular complexity index is 220. The molecule has 0 aliphatic heterocycles. The number of nitrogens with two attached hydrogens (primary N) is 1. The van der Waals surface area contributed by atoms with E-state index in [1.165, 1.54) is 6.42 Å². The Labute approximate surface area is 92.0 Å². The summed E-state index contributed by atoms with van der Waals surface area (Å²) in [6.07, 6.45) is 4.41. The van der Waals surface area contributed by atoms with Crippen LogP contribution in [0, 0.1) is 5.92 Å². The molecule has 0 spiro atoms. The van der Waals surface area contributed by atoms with Crippen molar-refractivity contribution in [3.63, 3.8) is 0 Å². The zero-order chi connectivity index (χ0) is 11.3. The van der Waals surface area contributed by atoms with E-state index in [4.69, 9.17) is 5.73 Å². The van der Waals surface area contributed by atoms with Gasteiger partial charge in [-0.3, -0.25) is 0 Å². The number of amides is 2. The molecule has 4 N–H and O–H groups in total. The SMILES string of the molecule is CCNC(=O)NC1(CN)CCCC(C)C1. The first-order valence-corrected chi connectivity index (χ1v) is 5.88. The average molecular weight is 213 g/mol. The molecule has 15 heavy (non-hydrogen) atoms. The Morgan fingerprint density at radius 1 is 1.60 bits per heavy atom. The van der Waals surface area contributed by atoms with Crippen molar-refractivity contribution in [1.82, 2.24) is 10.6 Å². The number of nitrogens with one attached hydrogen (secondary N) is 2. The molecule has 88 valence electrons. The maximum absolute atomic E-state index is 11.5. The van der Waals surface area contributed by atoms with Gasteiger partial charge < -0.3 is 16.4 Å². The van der Waals surface area contributed by atoms with E-state index < -0.39 is 0 Å². The lowest BCUT2D eigenvalue weighted by atomic mass is 9.76. The van der Waals surface area contributed by atoms with Crippen molar-refractivity contribution in [2.45, 2.75) is 45.1 Å². The van der Waals surface area contributed by atoms with Crippen LogP contribution in [0.3, 0.4) is 0 Å². The van der Waals surface area contributed by atoms with Crippen LogP contribution in [0.2, 0.25) is 0 Å². The molecule has 2 unspecified atom stereocenters. The number of carbonyl (C=O) groups excluding carboxylic acids is 1. The third-order valence-corrected chi connectivity index (χ3v) is 3.20. The second-order valence-electron chi connectivity index (χ2n) is 4.67. The molecule has 1 aliphatic rings. The number of carbonyl (C=O) groups is 1. The minimum Gasteiger partial charge on any atom is -0.338 e.